The van der Waals surface area contributed by atoms with Crippen LogP contribution in [0.5, 0.6) is 0 Å². The molecule has 2 heteroatoms. The van der Waals surface area contributed by atoms with E-state index in [0.29, 0.717) is 5.54 Å². The summed E-state index contributed by atoms with van der Waals surface area (Å²) in [7, 11) is 0. The SMILES string of the molecule is CC(C)(C)N1CCCCC1.CC(C)N1CCCCC1. The quantitative estimate of drug-likeness (QED) is 0.705. The summed E-state index contributed by atoms with van der Waals surface area (Å²) in [4.78, 5) is 5.14. The van der Waals surface area contributed by atoms with Crippen molar-refractivity contribution in [3.8, 4) is 0 Å². The van der Waals surface area contributed by atoms with Gasteiger partial charge in [-0.3, -0.25) is 4.90 Å². The van der Waals surface area contributed by atoms with Gasteiger partial charge in [-0.25, -0.2) is 0 Å². The molecule has 0 atom stereocenters. The van der Waals surface area contributed by atoms with Crippen molar-refractivity contribution in [2.75, 3.05) is 26.2 Å². The molecule has 0 unspecified atom stereocenters. The van der Waals surface area contributed by atoms with E-state index in [2.05, 4.69) is 44.4 Å². The van der Waals surface area contributed by atoms with Crippen LogP contribution >= 0.6 is 0 Å². The van der Waals surface area contributed by atoms with Gasteiger partial charge in [-0.1, -0.05) is 12.8 Å². The Kier molecular flexibility index (Phi) is 7.38. The largest absolute Gasteiger partial charge is 0.301 e. The van der Waals surface area contributed by atoms with Crippen LogP contribution in [0.2, 0.25) is 0 Å². The van der Waals surface area contributed by atoms with E-state index in [1.807, 2.05) is 0 Å². The number of rotatable bonds is 1. The molecule has 114 valence electrons. The zero-order valence-corrected chi connectivity index (χ0v) is 14.0. The van der Waals surface area contributed by atoms with Crippen LogP contribution in [0, 0.1) is 0 Å². The number of nitrogens with zero attached hydrogens (tertiary/aromatic N) is 2. The molecule has 0 N–H and O–H groups in total. The normalized spacial score (nSPS) is 23.1. The molecule has 2 aliphatic heterocycles. The fraction of sp³-hybridized carbons (Fsp3) is 1.00. The van der Waals surface area contributed by atoms with Gasteiger partial charge in [0.25, 0.3) is 0 Å². The lowest BCUT2D eigenvalue weighted by Crippen LogP contribution is -2.44. The van der Waals surface area contributed by atoms with Crippen molar-refractivity contribution >= 4 is 0 Å². The van der Waals surface area contributed by atoms with Gasteiger partial charge in [0.15, 0.2) is 0 Å². The summed E-state index contributed by atoms with van der Waals surface area (Å²) in [6.07, 6.45) is 8.51. The predicted octanol–water partition coefficient (Wildman–Crippen LogP) is 4.15. The summed E-state index contributed by atoms with van der Waals surface area (Å²) in [5.41, 5.74) is 0.403. The van der Waals surface area contributed by atoms with E-state index in [0.717, 1.165) is 6.04 Å². The molecule has 2 saturated heterocycles. The first-order valence-corrected chi connectivity index (χ1v) is 8.40. The Morgan fingerprint density at radius 2 is 1.11 bits per heavy atom. The van der Waals surface area contributed by atoms with E-state index >= 15 is 0 Å². The maximum Gasteiger partial charge on any atom is 0.0125 e. The molecule has 0 saturated carbocycles. The monoisotopic (exact) mass is 268 g/mol. The Morgan fingerprint density at radius 3 is 1.37 bits per heavy atom. The van der Waals surface area contributed by atoms with Gasteiger partial charge >= 0.3 is 0 Å². The Balaban J connectivity index is 0.000000191. The fourth-order valence-corrected chi connectivity index (χ4v) is 3.00. The Labute approximate surface area is 121 Å². The highest BCUT2D eigenvalue weighted by Crippen LogP contribution is 2.19. The van der Waals surface area contributed by atoms with E-state index < -0.39 is 0 Å². The van der Waals surface area contributed by atoms with Crippen LogP contribution in [0.4, 0.5) is 0 Å². The first kappa shape index (κ1) is 17.0. The summed E-state index contributed by atoms with van der Waals surface area (Å²) in [6, 6.07) is 0.769. The molecule has 2 fully saturated rings. The van der Waals surface area contributed by atoms with E-state index in [1.165, 1.54) is 64.7 Å². The number of hydrogen-bond donors (Lipinski definition) is 0. The first-order valence-electron chi connectivity index (χ1n) is 8.40. The summed E-state index contributed by atoms with van der Waals surface area (Å²) in [6.45, 7) is 16.8. The van der Waals surface area contributed by atoms with Crippen LogP contribution in [-0.2, 0) is 0 Å². The Bertz CT molecular complexity index is 218. The summed E-state index contributed by atoms with van der Waals surface area (Å²) >= 11 is 0. The molecule has 0 spiro atoms. The Morgan fingerprint density at radius 1 is 0.684 bits per heavy atom. The molecule has 2 rings (SSSR count). The van der Waals surface area contributed by atoms with E-state index in [1.54, 1.807) is 0 Å². The third-order valence-electron chi connectivity index (χ3n) is 4.43. The van der Waals surface area contributed by atoms with Gasteiger partial charge in [0.1, 0.15) is 0 Å². The van der Waals surface area contributed by atoms with Crippen molar-refractivity contribution in [3.63, 3.8) is 0 Å². The van der Waals surface area contributed by atoms with Crippen LogP contribution in [0.1, 0.15) is 73.1 Å². The van der Waals surface area contributed by atoms with Crippen LogP contribution < -0.4 is 0 Å². The molecule has 0 bridgehead atoms. The lowest BCUT2D eigenvalue weighted by atomic mass is 10.0. The van der Waals surface area contributed by atoms with E-state index in [4.69, 9.17) is 0 Å². The number of hydrogen-bond acceptors (Lipinski definition) is 2. The number of piperidine rings is 2. The number of likely N-dealkylation sites (tertiary alicyclic amines) is 2. The molecule has 19 heavy (non-hydrogen) atoms. The van der Waals surface area contributed by atoms with Gasteiger partial charge in [-0.05, 0) is 86.5 Å². The van der Waals surface area contributed by atoms with Crippen molar-refractivity contribution < 1.29 is 0 Å². The second kappa shape index (κ2) is 8.26. The van der Waals surface area contributed by atoms with Gasteiger partial charge in [0.2, 0.25) is 0 Å². The second-order valence-electron chi connectivity index (χ2n) is 7.41. The van der Waals surface area contributed by atoms with Crippen LogP contribution in [0.25, 0.3) is 0 Å². The zero-order valence-electron chi connectivity index (χ0n) is 14.0. The van der Waals surface area contributed by atoms with Gasteiger partial charge in [-0.15, -0.1) is 0 Å². The third-order valence-corrected chi connectivity index (χ3v) is 4.43. The van der Waals surface area contributed by atoms with Crippen molar-refractivity contribution in [1.29, 1.82) is 0 Å². The maximum absolute atomic E-state index is 2.58. The third kappa shape index (κ3) is 6.76. The average molecular weight is 268 g/mol. The van der Waals surface area contributed by atoms with Gasteiger partial charge in [0, 0.05) is 11.6 Å². The van der Waals surface area contributed by atoms with Crippen LogP contribution in [-0.4, -0.2) is 47.6 Å². The van der Waals surface area contributed by atoms with Gasteiger partial charge < -0.3 is 4.90 Å². The smallest absolute Gasteiger partial charge is 0.0125 e. The minimum atomic E-state index is 0.403. The minimum absolute atomic E-state index is 0.403. The molecule has 2 nitrogen and oxygen atoms in total. The molecular weight excluding hydrogens is 232 g/mol. The van der Waals surface area contributed by atoms with Crippen molar-refractivity contribution in [2.24, 2.45) is 0 Å². The fourth-order valence-electron chi connectivity index (χ4n) is 3.00. The minimum Gasteiger partial charge on any atom is -0.301 e. The Hall–Kier alpha value is -0.0800. The highest BCUT2D eigenvalue weighted by molar-refractivity contribution is 4.78. The summed E-state index contributed by atoms with van der Waals surface area (Å²) in [5, 5.41) is 0. The standard InChI is InChI=1S/C9H19N.C8H17N/c1-9(2,3)10-7-5-4-6-8-10;1-8(2)9-6-4-3-5-7-9/h4-8H2,1-3H3;8H,3-7H2,1-2H3. The molecule has 0 aliphatic carbocycles. The van der Waals surface area contributed by atoms with Crippen molar-refractivity contribution in [3.05, 3.63) is 0 Å². The molecule has 2 aliphatic rings. The maximum atomic E-state index is 2.58. The summed E-state index contributed by atoms with van der Waals surface area (Å²) in [5.74, 6) is 0. The van der Waals surface area contributed by atoms with Gasteiger partial charge in [0.05, 0.1) is 0 Å². The molecule has 2 heterocycles. The highest BCUT2D eigenvalue weighted by atomic mass is 15.2. The van der Waals surface area contributed by atoms with Crippen LogP contribution in [0.15, 0.2) is 0 Å². The van der Waals surface area contributed by atoms with E-state index in [9.17, 15) is 0 Å². The van der Waals surface area contributed by atoms with E-state index in [-0.39, 0.29) is 0 Å². The molecule has 0 aromatic carbocycles. The van der Waals surface area contributed by atoms with Gasteiger partial charge in [-0.2, -0.15) is 0 Å². The van der Waals surface area contributed by atoms with Crippen LogP contribution in [0.3, 0.4) is 0 Å². The first-order chi connectivity index (χ1) is 8.91. The molecule has 0 aromatic heterocycles. The molecule has 0 amide bonds. The average Bonchev–Trinajstić information content (AvgIpc) is 2.40. The lowest BCUT2D eigenvalue weighted by molar-refractivity contribution is 0.111. The predicted molar refractivity (Wildman–Crippen MR) is 85.7 cm³/mol. The second-order valence-corrected chi connectivity index (χ2v) is 7.41. The molecule has 0 aromatic rings. The van der Waals surface area contributed by atoms with Crippen molar-refractivity contribution in [1.82, 2.24) is 9.80 Å². The van der Waals surface area contributed by atoms with Crippen molar-refractivity contribution in [2.45, 2.75) is 84.7 Å². The molecular formula is C17H36N2. The zero-order chi connectivity index (χ0) is 14.3. The lowest BCUT2D eigenvalue weighted by Gasteiger charge is -2.38. The summed E-state index contributed by atoms with van der Waals surface area (Å²) < 4.78 is 0. The topological polar surface area (TPSA) is 6.48 Å². The highest BCUT2D eigenvalue weighted by Gasteiger charge is 2.22. The molecule has 0 radical (unpaired) electrons.